The van der Waals surface area contributed by atoms with Gasteiger partial charge in [-0.1, -0.05) is 25.0 Å². The topological polar surface area (TPSA) is 105 Å². The maximum absolute atomic E-state index is 13.3. The van der Waals surface area contributed by atoms with Gasteiger partial charge in [0.1, 0.15) is 18.0 Å². The van der Waals surface area contributed by atoms with Crippen molar-refractivity contribution in [2.75, 3.05) is 44.3 Å². The van der Waals surface area contributed by atoms with Gasteiger partial charge in [0, 0.05) is 19.6 Å². The molecule has 36 heavy (non-hydrogen) atoms. The van der Waals surface area contributed by atoms with E-state index in [1.165, 1.54) is 21.3 Å². The van der Waals surface area contributed by atoms with Crippen molar-refractivity contribution >= 4 is 27.5 Å². The molecule has 10 heteroatoms. The van der Waals surface area contributed by atoms with Crippen LogP contribution in [0.1, 0.15) is 38.2 Å². The number of sulfonamides is 1. The molecule has 1 saturated heterocycles. The molecule has 194 valence electrons. The lowest BCUT2D eigenvalue weighted by Gasteiger charge is -2.30. The molecular formula is C26H33N3O6S. The molecule has 1 fully saturated rings. The fourth-order valence-corrected chi connectivity index (χ4v) is 5.95. The normalized spacial score (nSPS) is 16.6. The van der Waals surface area contributed by atoms with Crippen LogP contribution in [0.15, 0.2) is 47.4 Å². The second-order valence-corrected chi connectivity index (χ2v) is 10.8. The molecule has 2 aromatic rings. The van der Waals surface area contributed by atoms with Gasteiger partial charge in [-0.25, -0.2) is 8.42 Å². The lowest BCUT2D eigenvalue weighted by Crippen LogP contribution is -2.45. The summed E-state index contributed by atoms with van der Waals surface area (Å²) in [5.74, 6) is 0.454. The van der Waals surface area contributed by atoms with Gasteiger partial charge < -0.3 is 14.8 Å². The molecule has 2 amide bonds. The molecule has 0 aliphatic carbocycles. The van der Waals surface area contributed by atoms with E-state index < -0.39 is 15.9 Å². The average Bonchev–Trinajstić information content (AvgIpc) is 3.17. The monoisotopic (exact) mass is 515 g/mol. The van der Waals surface area contributed by atoms with Crippen LogP contribution in [0.4, 0.5) is 5.69 Å². The molecule has 0 spiro atoms. The molecule has 2 aliphatic rings. The van der Waals surface area contributed by atoms with E-state index in [2.05, 4.69) is 5.32 Å². The first-order valence-corrected chi connectivity index (χ1v) is 13.9. The van der Waals surface area contributed by atoms with Crippen molar-refractivity contribution < 1.29 is 27.5 Å². The lowest BCUT2D eigenvalue weighted by molar-refractivity contribution is -0.125. The zero-order chi connectivity index (χ0) is 25.5. The number of carbonyl (C=O) groups is 2. The molecule has 0 bridgehead atoms. The third-order valence-electron chi connectivity index (χ3n) is 6.35. The smallest absolute Gasteiger partial charge is 0.265 e. The molecule has 2 aliphatic heterocycles. The Bertz CT molecular complexity index is 1170. The zero-order valence-corrected chi connectivity index (χ0v) is 21.4. The van der Waals surface area contributed by atoms with E-state index in [1.807, 2.05) is 31.2 Å². The van der Waals surface area contributed by atoms with Crippen LogP contribution in [0, 0.1) is 0 Å². The highest BCUT2D eigenvalue weighted by Crippen LogP contribution is 2.35. The fourth-order valence-electron chi connectivity index (χ4n) is 4.41. The molecule has 0 radical (unpaired) electrons. The van der Waals surface area contributed by atoms with Crippen molar-refractivity contribution in [3.05, 3.63) is 48.0 Å². The summed E-state index contributed by atoms with van der Waals surface area (Å²) >= 11 is 0. The highest BCUT2D eigenvalue weighted by Gasteiger charge is 2.31. The maximum atomic E-state index is 13.3. The van der Waals surface area contributed by atoms with Gasteiger partial charge >= 0.3 is 0 Å². The average molecular weight is 516 g/mol. The molecule has 1 N–H and O–H groups in total. The first kappa shape index (κ1) is 26.0. The Morgan fingerprint density at radius 2 is 1.78 bits per heavy atom. The first-order valence-electron chi connectivity index (χ1n) is 12.4. The largest absolute Gasteiger partial charge is 0.494 e. The summed E-state index contributed by atoms with van der Waals surface area (Å²) in [4.78, 5) is 26.7. The Labute approximate surface area is 212 Å². The van der Waals surface area contributed by atoms with Gasteiger partial charge in [-0.2, -0.15) is 4.31 Å². The first-order chi connectivity index (χ1) is 17.4. The van der Waals surface area contributed by atoms with E-state index in [9.17, 15) is 18.0 Å². The number of rotatable bonds is 9. The Morgan fingerprint density at radius 1 is 1.06 bits per heavy atom. The molecule has 2 heterocycles. The highest BCUT2D eigenvalue weighted by molar-refractivity contribution is 7.89. The van der Waals surface area contributed by atoms with Crippen molar-refractivity contribution in [1.29, 1.82) is 0 Å². The summed E-state index contributed by atoms with van der Waals surface area (Å²) in [5.41, 5.74) is 1.35. The van der Waals surface area contributed by atoms with Crippen LogP contribution in [0.5, 0.6) is 11.5 Å². The van der Waals surface area contributed by atoms with Crippen LogP contribution in [-0.4, -0.2) is 63.9 Å². The predicted molar refractivity (Wildman–Crippen MR) is 136 cm³/mol. The molecular weight excluding hydrogens is 482 g/mol. The second-order valence-electron chi connectivity index (χ2n) is 8.89. The minimum absolute atomic E-state index is 0.0994. The van der Waals surface area contributed by atoms with Gasteiger partial charge in [0.25, 0.3) is 5.91 Å². The number of nitrogens with zero attached hydrogens (tertiary/aromatic N) is 2. The van der Waals surface area contributed by atoms with Crippen LogP contribution < -0.4 is 19.7 Å². The standard InChI is InChI=1S/C26H33N3O6S/c1-2-34-21-9-7-20(8-10-21)13-14-27-25(30)18-29-23-17-22(11-12-24(23)35-19-26(29)31)36(32,33)28-15-5-3-4-6-16-28/h7-12,17H,2-6,13-16,18-19H2,1H3,(H,27,30). The number of ether oxygens (including phenoxy) is 2. The Morgan fingerprint density at radius 3 is 2.47 bits per heavy atom. The lowest BCUT2D eigenvalue weighted by atomic mass is 10.1. The van der Waals surface area contributed by atoms with Gasteiger partial charge in [0.15, 0.2) is 6.61 Å². The summed E-state index contributed by atoms with van der Waals surface area (Å²) in [6, 6.07) is 12.2. The molecule has 0 atom stereocenters. The van der Waals surface area contributed by atoms with Crippen molar-refractivity contribution in [1.82, 2.24) is 9.62 Å². The molecule has 0 unspecified atom stereocenters. The summed E-state index contributed by atoms with van der Waals surface area (Å²) in [7, 11) is -3.71. The summed E-state index contributed by atoms with van der Waals surface area (Å²) in [5, 5.41) is 2.84. The van der Waals surface area contributed by atoms with Crippen molar-refractivity contribution in [2.24, 2.45) is 0 Å². The minimum atomic E-state index is -3.71. The van der Waals surface area contributed by atoms with E-state index in [0.29, 0.717) is 44.1 Å². The second kappa shape index (κ2) is 11.7. The van der Waals surface area contributed by atoms with E-state index >= 15 is 0 Å². The number of anilines is 1. The SMILES string of the molecule is CCOc1ccc(CCNC(=O)CN2C(=O)COc3ccc(S(=O)(=O)N4CCCCCC4)cc32)cc1. The van der Waals surface area contributed by atoms with Gasteiger partial charge in [-0.05, 0) is 62.1 Å². The third kappa shape index (κ3) is 6.17. The molecule has 0 aromatic heterocycles. The summed E-state index contributed by atoms with van der Waals surface area (Å²) in [6.07, 6.45) is 4.31. The number of nitrogens with one attached hydrogen (secondary N) is 1. The van der Waals surface area contributed by atoms with Gasteiger partial charge in [0.2, 0.25) is 15.9 Å². The summed E-state index contributed by atoms with van der Waals surface area (Å²) < 4.78 is 39.0. The van der Waals surface area contributed by atoms with Crippen LogP contribution in [0.25, 0.3) is 0 Å². The number of amides is 2. The fraction of sp³-hybridized carbons (Fsp3) is 0.462. The molecule has 4 rings (SSSR count). The number of carbonyl (C=O) groups excluding carboxylic acids is 2. The Hall–Kier alpha value is -3.11. The zero-order valence-electron chi connectivity index (χ0n) is 20.6. The van der Waals surface area contributed by atoms with Crippen molar-refractivity contribution in [3.63, 3.8) is 0 Å². The highest BCUT2D eigenvalue weighted by atomic mass is 32.2. The van der Waals surface area contributed by atoms with Crippen LogP contribution in [-0.2, 0) is 26.0 Å². The Balaban J connectivity index is 1.42. The molecule has 2 aromatic carbocycles. The van der Waals surface area contributed by atoms with Gasteiger partial charge in [-0.15, -0.1) is 0 Å². The van der Waals surface area contributed by atoms with Gasteiger partial charge in [0.05, 0.1) is 17.2 Å². The van der Waals surface area contributed by atoms with Crippen molar-refractivity contribution in [3.8, 4) is 11.5 Å². The van der Waals surface area contributed by atoms with E-state index in [-0.39, 0.29) is 24.0 Å². The number of hydrogen-bond acceptors (Lipinski definition) is 6. The third-order valence-corrected chi connectivity index (χ3v) is 8.24. The van der Waals surface area contributed by atoms with Crippen LogP contribution in [0.2, 0.25) is 0 Å². The van der Waals surface area contributed by atoms with E-state index in [4.69, 9.17) is 9.47 Å². The molecule has 0 saturated carbocycles. The number of hydrogen-bond donors (Lipinski definition) is 1. The van der Waals surface area contributed by atoms with E-state index in [1.54, 1.807) is 6.07 Å². The summed E-state index contributed by atoms with van der Waals surface area (Å²) in [6.45, 7) is 3.48. The Kier molecular flexibility index (Phi) is 8.48. The van der Waals surface area contributed by atoms with Gasteiger partial charge in [-0.3, -0.25) is 14.5 Å². The van der Waals surface area contributed by atoms with Crippen LogP contribution >= 0.6 is 0 Å². The van der Waals surface area contributed by atoms with E-state index in [0.717, 1.165) is 37.0 Å². The van der Waals surface area contributed by atoms with Crippen LogP contribution in [0.3, 0.4) is 0 Å². The number of fused-ring (bicyclic) bond motifs is 1. The van der Waals surface area contributed by atoms with Crippen molar-refractivity contribution in [2.45, 2.75) is 43.9 Å². The predicted octanol–water partition coefficient (Wildman–Crippen LogP) is 2.73. The minimum Gasteiger partial charge on any atom is -0.494 e. The molecule has 9 nitrogen and oxygen atoms in total. The number of benzene rings is 2. The quantitative estimate of drug-likeness (QED) is 0.551. The maximum Gasteiger partial charge on any atom is 0.265 e.